The summed E-state index contributed by atoms with van der Waals surface area (Å²) in [4.78, 5) is 23.7. The lowest BCUT2D eigenvalue weighted by Crippen LogP contribution is -2.50. The first kappa shape index (κ1) is 16.1. The maximum atomic E-state index is 11.9. The van der Waals surface area contributed by atoms with Crippen molar-refractivity contribution in [3.8, 4) is 0 Å². The quantitative estimate of drug-likeness (QED) is 0.652. The number of hydrogen-bond donors (Lipinski definition) is 3. The van der Waals surface area contributed by atoms with Gasteiger partial charge in [-0.1, -0.05) is 18.2 Å². The summed E-state index contributed by atoms with van der Waals surface area (Å²) in [5, 5.41) is 14.3. The van der Waals surface area contributed by atoms with Crippen LogP contribution in [0.25, 0.3) is 0 Å². The molecule has 1 rings (SSSR count). The van der Waals surface area contributed by atoms with E-state index in [4.69, 9.17) is 9.84 Å². The summed E-state index contributed by atoms with van der Waals surface area (Å²) in [6.45, 7) is 1.57. The molecule has 20 heavy (non-hydrogen) atoms. The Morgan fingerprint density at radius 2 is 1.90 bits per heavy atom. The topological polar surface area (TPSA) is 87.7 Å². The van der Waals surface area contributed by atoms with Gasteiger partial charge in [0.2, 0.25) is 5.91 Å². The first-order chi connectivity index (χ1) is 9.58. The van der Waals surface area contributed by atoms with Gasteiger partial charge >= 0.3 is 0 Å². The molecular weight excluding hydrogens is 260 g/mol. The normalized spacial score (nSPS) is 13.3. The Morgan fingerprint density at radius 3 is 2.45 bits per heavy atom. The summed E-state index contributed by atoms with van der Waals surface area (Å²) in [6.07, 6.45) is 0. The van der Waals surface area contributed by atoms with Crippen molar-refractivity contribution in [3.05, 3.63) is 35.9 Å². The van der Waals surface area contributed by atoms with Crippen molar-refractivity contribution in [2.45, 2.75) is 19.0 Å². The highest BCUT2D eigenvalue weighted by Gasteiger charge is 2.19. The summed E-state index contributed by atoms with van der Waals surface area (Å²) in [5.74, 6) is -0.689. The molecule has 0 aliphatic carbocycles. The molecule has 0 radical (unpaired) electrons. The number of carbonyl (C=O) groups is 2. The second kappa shape index (κ2) is 8.29. The van der Waals surface area contributed by atoms with Gasteiger partial charge in [0, 0.05) is 12.7 Å². The predicted molar refractivity (Wildman–Crippen MR) is 74.3 cm³/mol. The highest BCUT2D eigenvalue weighted by molar-refractivity contribution is 5.97. The molecule has 6 heteroatoms. The number of amides is 2. The fraction of sp³-hybridized carbons (Fsp3) is 0.429. The molecule has 0 aliphatic heterocycles. The van der Waals surface area contributed by atoms with E-state index in [1.807, 2.05) is 6.07 Å². The molecule has 0 saturated heterocycles. The molecule has 0 saturated carbocycles. The average Bonchev–Trinajstić information content (AvgIpc) is 2.47. The minimum absolute atomic E-state index is 0.210. The molecule has 0 heterocycles. The first-order valence-electron chi connectivity index (χ1n) is 6.34. The monoisotopic (exact) mass is 280 g/mol. The second-order valence-corrected chi connectivity index (χ2v) is 4.40. The van der Waals surface area contributed by atoms with Gasteiger partial charge in [0.1, 0.15) is 6.04 Å². The third kappa shape index (κ3) is 4.99. The Labute approximate surface area is 118 Å². The molecule has 0 spiro atoms. The van der Waals surface area contributed by atoms with Gasteiger partial charge in [0.25, 0.3) is 5.91 Å². The highest BCUT2D eigenvalue weighted by atomic mass is 16.5. The molecule has 2 atom stereocenters. The van der Waals surface area contributed by atoms with Crippen molar-refractivity contribution in [1.82, 2.24) is 10.6 Å². The molecule has 0 aliphatic rings. The molecule has 110 valence electrons. The van der Waals surface area contributed by atoms with Crippen LogP contribution in [-0.4, -0.2) is 49.3 Å². The SMILES string of the molecule is COCC(CO)NC(=O)C(C)NC(=O)c1ccccc1. The lowest BCUT2D eigenvalue weighted by atomic mass is 10.2. The molecule has 2 amide bonds. The van der Waals surface area contributed by atoms with E-state index in [0.29, 0.717) is 5.56 Å². The molecule has 3 N–H and O–H groups in total. The van der Waals surface area contributed by atoms with Crippen LogP contribution in [0.15, 0.2) is 30.3 Å². The first-order valence-corrected chi connectivity index (χ1v) is 6.34. The Hall–Kier alpha value is -1.92. The number of ether oxygens (including phenoxy) is 1. The van der Waals surface area contributed by atoms with E-state index in [2.05, 4.69) is 10.6 Å². The Kier molecular flexibility index (Phi) is 6.69. The van der Waals surface area contributed by atoms with E-state index < -0.39 is 12.1 Å². The van der Waals surface area contributed by atoms with Crippen molar-refractivity contribution in [3.63, 3.8) is 0 Å². The zero-order valence-electron chi connectivity index (χ0n) is 11.6. The molecule has 0 fully saturated rings. The van der Waals surface area contributed by atoms with E-state index in [0.717, 1.165) is 0 Å². The Bertz CT molecular complexity index is 436. The van der Waals surface area contributed by atoms with Crippen molar-refractivity contribution in [2.75, 3.05) is 20.3 Å². The van der Waals surface area contributed by atoms with Crippen LogP contribution < -0.4 is 10.6 Å². The lowest BCUT2D eigenvalue weighted by Gasteiger charge is -2.19. The third-order valence-electron chi connectivity index (χ3n) is 2.71. The summed E-state index contributed by atoms with van der Waals surface area (Å²) in [6, 6.07) is 7.46. The number of rotatable bonds is 7. The van der Waals surface area contributed by atoms with Gasteiger partial charge in [-0.05, 0) is 19.1 Å². The summed E-state index contributed by atoms with van der Waals surface area (Å²) in [5.41, 5.74) is 0.489. The summed E-state index contributed by atoms with van der Waals surface area (Å²) < 4.78 is 4.86. The van der Waals surface area contributed by atoms with Gasteiger partial charge in [-0.3, -0.25) is 9.59 Å². The number of carbonyl (C=O) groups excluding carboxylic acids is 2. The Balaban J connectivity index is 2.51. The smallest absolute Gasteiger partial charge is 0.251 e. The van der Waals surface area contributed by atoms with E-state index in [1.54, 1.807) is 31.2 Å². The van der Waals surface area contributed by atoms with Gasteiger partial charge < -0.3 is 20.5 Å². The standard InChI is InChI=1S/C14H20N2O4/c1-10(13(18)16-12(8-17)9-20-2)15-14(19)11-6-4-3-5-7-11/h3-7,10,12,17H,8-9H2,1-2H3,(H,15,19)(H,16,18). The molecule has 0 bridgehead atoms. The number of nitrogens with one attached hydrogen (secondary N) is 2. The van der Waals surface area contributed by atoms with Crippen molar-refractivity contribution < 1.29 is 19.4 Å². The van der Waals surface area contributed by atoms with E-state index in [-0.39, 0.29) is 25.0 Å². The van der Waals surface area contributed by atoms with E-state index in [9.17, 15) is 9.59 Å². The minimum atomic E-state index is -0.700. The maximum Gasteiger partial charge on any atom is 0.251 e. The molecule has 0 aromatic heterocycles. The van der Waals surface area contributed by atoms with Crippen LogP contribution in [0.1, 0.15) is 17.3 Å². The zero-order chi connectivity index (χ0) is 15.0. The average molecular weight is 280 g/mol. The Morgan fingerprint density at radius 1 is 1.25 bits per heavy atom. The van der Waals surface area contributed by atoms with Crippen LogP contribution in [0.2, 0.25) is 0 Å². The van der Waals surface area contributed by atoms with Crippen LogP contribution in [0.4, 0.5) is 0 Å². The van der Waals surface area contributed by atoms with E-state index in [1.165, 1.54) is 7.11 Å². The number of hydrogen-bond acceptors (Lipinski definition) is 4. The largest absolute Gasteiger partial charge is 0.394 e. The van der Waals surface area contributed by atoms with Crippen LogP contribution >= 0.6 is 0 Å². The fourth-order valence-electron chi connectivity index (χ4n) is 1.60. The van der Waals surface area contributed by atoms with Crippen molar-refractivity contribution in [2.24, 2.45) is 0 Å². The molecule has 2 unspecified atom stereocenters. The van der Waals surface area contributed by atoms with Gasteiger partial charge in [-0.2, -0.15) is 0 Å². The highest BCUT2D eigenvalue weighted by Crippen LogP contribution is 1.99. The second-order valence-electron chi connectivity index (χ2n) is 4.40. The minimum Gasteiger partial charge on any atom is -0.394 e. The number of aliphatic hydroxyl groups excluding tert-OH is 1. The van der Waals surface area contributed by atoms with Crippen LogP contribution in [0, 0.1) is 0 Å². The third-order valence-corrected chi connectivity index (χ3v) is 2.71. The van der Waals surface area contributed by atoms with Crippen LogP contribution in [-0.2, 0) is 9.53 Å². The van der Waals surface area contributed by atoms with Gasteiger partial charge in [-0.25, -0.2) is 0 Å². The van der Waals surface area contributed by atoms with Crippen LogP contribution in [0.3, 0.4) is 0 Å². The summed E-state index contributed by atoms with van der Waals surface area (Å²) >= 11 is 0. The molecule has 1 aromatic carbocycles. The van der Waals surface area contributed by atoms with Crippen LogP contribution in [0.5, 0.6) is 0 Å². The molecular formula is C14H20N2O4. The number of aliphatic hydroxyl groups is 1. The van der Waals surface area contributed by atoms with E-state index >= 15 is 0 Å². The fourth-order valence-corrected chi connectivity index (χ4v) is 1.60. The van der Waals surface area contributed by atoms with Crippen molar-refractivity contribution in [1.29, 1.82) is 0 Å². The number of benzene rings is 1. The summed E-state index contributed by atoms with van der Waals surface area (Å²) in [7, 11) is 1.48. The maximum absolute atomic E-state index is 11.9. The van der Waals surface area contributed by atoms with Crippen molar-refractivity contribution >= 4 is 11.8 Å². The van der Waals surface area contributed by atoms with Gasteiger partial charge in [0.05, 0.1) is 19.3 Å². The zero-order valence-corrected chi connectivity index (χ0v) is 11.6. The molecule has 6 nitrogen and oxygen atoms in total. The van der Waals surface area contributed by atoms with Gasteiger partial charge in [0.15, 0.2) is 0 Å². The predicted octanol–water partition coefficient (Wildman–Crippen LogP) is -0.0716. The molecule has 1 aromatic rings. The lowest BCUT2D eigenvalue weighted by molar-refractivity contribution is -0.124. The van der Waals surface area contributed by atoms with Gasteiger partial charge in [-0.15, -0.1) is 0 Å². The number of methoxy groups -OCH3 is 1.